The van der Waals surface area contributed by atoms with E-state index < -0.39 is 5.97 Å². The first-order valence-corrected chi connectivity index (χ1v) is 8.89. The zero-order chi connectivity index (χ0) is 16.0. The van der Waals surface area contributed by atoms with Crippen LogP contribution in [0, 0.1) is 5.92 Å². The van der Waals surface area contributed by atoms with Crippen molar-refractivity contribution in [2.75, 3.05) is 13.2 Å². The fraction of sp³-hybridized carbons (Fsp3) is 0.611. The van der Waals surface area contributed by atoms with E-state index in [9.17, 15) is 9.90 Å². The minimum absolute atomic E-state index is 0.0204. The van der Waals surface area contributed by atoms with Crippen LogP contribution in [-0.2, 0) is 17.6 Å². The Morgan fingerprint density at radius 3 is 2.43 bits per heavy atom. The number of carbonyl (C=O) groups is 1. The Labute approximate surface area is 140 Å². The molecule has 0 aromatic heterocycles. The van der Waals surface area contributed by atoms with Gasteiger partial charge >= 0.3 is 5.97 Å². The van der Waals surface area contributed by atoms with Gasteiger partial charge in [-0.25, -0.2) is 0 Å². The number of halogens is 1. The quantitative estimate of drug-likeness (QED) is 0.904. The molecule has 3 aliphatic rings. The molecule has 0 amide bonds. The van der Waals surface area contributed by atoms with E-state index in [4.69, 9.17) is 21.1 Å². The zero-order valence-electron chi connectivity index (χ0n) is 13.1. The lowest BCUT2D eigenvalue weighted by molar-refractivity contribution is -0.137. The van der Waals surface area contributed by atoms with Crippen molar-refractivity contribution in [1.82, 2.24) is 0 Å². The molecule has 1 fully saturated rings. The molecule has 4 nitrogen and oxygen atoms in total. The molecule has 1 N–H and O–H groups in total. The first-order valence-electron chi connectivity index (χ1n) is 8.51. The van der Waals surface area contributed by atoms with Crippen LogP contribution in [0.1, 0.15) is 54.7 Å². The second-order valence-electron chi connectivity index (χ2n) is 6.79. The number of hydrogen-bond acceptors (Lipinski definition) is 3. The van der Waals surface area contributed by atoms with Crippen LogP contribution in [0.15, 0.2) is 0 Å². The molecule has 0 radical (unpaired) electrons. The van der Waals surface area contributed by atoms with Gasteiger partial charge in [0, 0.05) is 22.6 Å². The maximum Gasteiger partial charge on any atom is 0.303 e. The molecule has 23 heavy (non-hydrogen) atoms. The molecule has 2 aliphatic heterocycles. The molecule has 124 valence electrons. The van der Waals surface area contributed by atoms with Crippen LogP contribution in [0.3, 0.4) is 0 Å². The number of carboxylic acid groups (broad SMARTS) is 1. The van der Waals surface area contributed by atoms with Gasteiger partial charge in [0.05, 0.1) is 24.7 Å². The normalized spacial score (nSPS) is 20.7. The summed E-state index contributed by atoms with van der Waals surface area (Å²) < 4.78 is 11.9. The van der Waals surface area contributed by atoms with Crippen molar-refractivity contribution in [3.8, 4) is 11.5 Å². The van der Waals surface area contributed by atoms with Gasteiger partial charge in [-0.2, -0.15) is 0 Å². The summed E-state index contributed by atoms with van der Waals surface area (Å²) in [7, 11) is 0. The van der Waals surface area contributed by atoms with Crippen molar-refractivity contribution in [3.63, 3.8) is 0 Å². The van der Waals surface area contributed by atoms with E-state index in [1.165, 1.54) is 0 Å². The predicted octanol–water partition coefficient (Wildman–Crippen LogP) is 3.96. The Morgan fingerprint density at radius 2 is 1.78 bits per heavy atom. The molecular weight excluding hydrogens is 316 g/mol. The third-order valence-electron chi connectivity index (χ3n) is 5.17. The second kappa shape index (κ2) is 5.90. The molecule has 1 atom stereocenters. The van der Waals surface area contributed by atoms with E-state index in [2.05, 4.69) is 0 Å². The molecular formula is C18H21ClO4. The molecule has 0 bridgehead atoms. The molecule has 0 saturated heterocycles. The minimum Gasteiger partial charge on any atom is -0.493 e. The third-order valence-corrected chi connectivity index (χ3v) is 5.57. The van der Waals surface area contributed by atoms with Crippen LogP contribution in [0.25, 0.3) is 0 Å². The van der Waals surface area contributed by atoms with Gasteiger partial charge in [-0.1, -0.05) is 11.6 Å². The van der Waals surface area contributed by atoms with E-state index >= 15 is 0 Å². The maximum absolute atomic E-state index is 11.4. The summed E-state index contributed by atoms with van der Waals surface area (Å²) in [5, 5.41) is 10.1. The summed E-state index contributed by atoms with van der Waals surface area (Å²) in [6, 6.07) is 0. The van der Waals surface area contributed by atoms with Gasteiger partial charge in [0.2, 0.25) is 0 Å². The number of benzene rings is 1. The van der Waals surface area contributed by atoms with Crippen LogP contribution in [0.4, 0.5) is 0 Å². The molecule has 1 aromatic rings. The molecule has 0 spiro atoms. The van der Waals surface area contributed by atoms with E-state index in [1.807, 2.05) is 0 Å². The van der Waals surface area contributed by atoms with Crippen molar-refractivity contribution in [1.29, 1.82) is 0 Å². The van der Waals surface area contributed by atoms with Gasteiger partial charge in [-0.05, 0) is 44.4 Å². The van der Waals surface area contributed by atoms with Crippen LogP contribution < -0.4 is 9.47 Å². The van der Waals surface area contributed by atoms with Gasteiger partial charge in [0.1, 0.15) is 11.5 Å². The second-order valence-corrected chi connectivity index (χ2v) is 7.17. The number of hydrogen-bond donors (Lipinski definition) is 1. The molecule has 4 rings (SSSR count). The number of rotatable bonds is 4. The topological polar surface area (TPSA) is 55.8 Å². The van der Waals surface area contributed by atoms with Gasteiger partial charge < -0.3 is 14.6 Å². The Bertz CT molecular complexity index is 614. The number of fused-ring (bicyclic) bond motifs is 2. The minimum atomic E-state index is -0.744. The Kier molecular flexibility index (Phi) is 3.88. The van der Waals surface area contributed by atoms with Crippen molar-refractivity contribution < 1.29 is 19.4 Å². The predicted molar refractivity (Wildman–Crippen MR) is 86.8 cm³/mol. The van der Waals surface area contributed by atoms with Gasteiger partial charge in [-0.15, -0.1) is 0 Å². The van der Waals surface area contributed by atoms with Crippen LogP contribution >= 0.6 is 11.6 Å². The van der Waals surface area contributed by atoms with Crippen molar-refractivity contribution in [2.45, 2.75) is 50.9 Å². The van der Waals surface area contributed by atoms with E-state index in [0.29, 0.717) is 24.2 Å². The third kappa shape index (κ3) is 2.67. The largest absolute Gasteiger partial charge is 0.493 e. The summed E-state index contributed by atoms with van der Waals surface area (Å²) in [6.07, 6.45) is 6.02. The van der Waals surface area contributed by atoms with Crippen molar-refractivity contribution in [2.24, 2.45) is 5.92 Å². The highest BCUT2D eigenvalue weighted by Crippen LogP contribution is 2.54. The standard InChI is InChI=1S/C18H21ClO4/c19-16-12-4-2-7-22-17(12)15(11-3-1-8-23-18(11)16)13(9-14(20)21)10-5-6-10/h10,13H,1-9H2,(H,20,21). The van der Waals surface area contributed by atoms with Crippen LogP contribution in [-0.4, -0.2) is 24.3 Å². The lowest BCUT2D eigenvalue weighted by Crippen LogP contribution is -2.21. The van der Waals surface area contributed by atoms with Gasteiger partial charge in [-0.3, -0.25) is 4.79 Å². The molecule has 1 aliphatic carbocycles. The molecule has 5 heteroatoms. The zero-order valence-corrected chi connectivity index (χ0v) is 13.8. The highest BCUT2D eigenvalue weighted by molar-refractivity contribution is 6.33. The smallest absolute Gasteiger partial charge is 0.303 e. The lowest BCUT2D eigenvalue weighted by Gasteiger charge is -2.32. The summed E-state index contributed by atoms with van der Waals surface area (Å²) in [5.74, 6) is 1.38. The van der Waals surface area contributed by atoms with E-state index in [1.54, 1.807) is 0 Å². The summed E-state index contributed by atoms with van der Waals surface area (Å²) in [5.41, 5.74) is 3.20. The highest BCUT2D eigenvalue weighted by atomic mass is 35.5. The Hall–Kier alpha value is -1.42. The molecule has 1 unspecified atom stereocenters. The first kappa shape index (κ1) is 15.1. The Morgan fingerprint density at radius 1 is 1.13 bits per heavy atom. The number of carboxylic acids is 1. The SMILES string of the molecule is O=C(O)CC(c1c2c(c(Cl)c3c1OCCC3)OCCC2)C1CC1. The maximum atomic E-state index is 11.4. The van der Waals surface area contributed by atoms with Crippen LogP contribution in [0.5, 0.6) is 11.5 Å². The summed E-state index contributed by atoms with van der Waals surface area (Å²) in [6.45, 7) is 1.36. The van der Waals surface area contributed by atoms with Crippen molar-refractivity contribution in [3.05, 3.63) is 21.7 Å². The average Bonchev–Trinajstić information content (AvgIpc) is 3.39. The highest BCUT2D eigenvalue weighted by Gasteiger charge is 2.40. The fourth-order valence-electron chi connectivity index (χ4n) is 4.01. The lowest BCUT2D eigenvalue weighted by atomic mass is 9.82. The van der Waals surface area contributed by atoms with E-state index in [0.717, 1.165) is 66.7 Å². The number of ether oxygens (including phenoxy) is 2. The monoisotopic (exact) mass is 336 g/mol. The number of aliphatic carboxylic acids is 1. The van der Waals surface area contributed by atoms with Crippen LogP contribution in [0.2, 0.25) is 5.02 Å². The average molecular weight is 337 g/mol. The van der Waals surface area contributed by atoms with E-state index in [-0.39, 0.29) is 12.3 Å². The molecule has 1 saturated carbocycles. The summed E-state index contributed by atoms with van der Waals surface area (Å²) in [4.78, 5) is 11.4. The first-order chi connectivity index (χ1) is 11.2. The van der Waals surface area contributed by atoms with Crippen molar-refractivity contribution >= 4 is 17.6 Å². The van der Waals surface area contributed by atoms with Gasteiger partial charge in [0.15, 0.2) is 0 Å². The fourth-order valence-corrected chi connectivity index (χ4v) is 4.36. The molecule has 2 heterocycles. The molecule has 1 aromatic carbocycles. The Balaban J connectivity index is 1.90. The summed E-state index contributed by atoms with van der Waals surface area (Å²) >= 11 is 6.60. The van der Waals surface area contributed by atoms with Gasteiger partial charge in [0.25, 0.3) is 0 Å².